The van der Waals surface area contributed by atoms with Crippen LogP contribution in [0.1, 0.15) is 36.1 Å². The Balaban J connectivity index is 2.94. The van der Waals surface area contributed by atoms with Crippen molar-refractivity contribution in [3.63, 3.8) is 0 Å². The molecule has 1 aromatic rings. The Morgan fingerprint density at radius 1 is 1.00 bits per heavy atom. The summed E-state index contributed by atoms with van der Waals surface area (Å²) in [5, 5.41) is 0. The van der Waals surface area contributed by atoms with Crippen molar-refractivity contribution in [2.75, 3.05) is 14.2 Å². The quantitative estimate of drug-likeness (QED) is 0.403. The first-order valence-corrected chi connectivity index (χ1v) is 8.24. The zero-order valence-electron chi connectivity index (χ0n) is 16.3. The zero-order valence-corrected chi connectivity index (χ0v) is 16.3. The molecule has 3 nitrogen and oxygen atoms in total. The van der Waals surface area contributed by atoms with Gasteiger partial charge in [-0.25, -0.2) is 4.79 Å². The fourth-order valence-corrected chi connectivity index (χ4v) is 2.45. The minimum absolute atomic E-state index is 0.344. The van der Waals surface area contributed by atoms with E-state index in [0.29, 0.717) is 0 Å². The predicted molar refractivity (Wildman–Crippen MR) is 105 cm³/mol. The number of carbonyl (C=O) groups excluding carboxylic acids is 1. The van der Waals surface area contributed by atoms with E-state index in [-0.39, 0.29) is 5.97 Å². The van der Waals surface area contributed by atoms with E-state index >= 15 is 0 Å². The molecule has 0 spiro atoms. The van der Waals surface area contributed by atoms with Gasteiger partial charge >= 0.3 is 5.97 Å². The van der Waals surface area contributed by atoms with Gasteiger partial charge in [-0.1, -0.05) is 36.0 Å². The molecule has 0 fully saturated rings. The third kappa shape index (κ3) is 6.11. The number of esters is 1. The SMILES string of the molecule is COC(=O)/C=C(C)/C=C/C=C(C)/C=C/c1c(C)cc(OC)c(C)c1C. The van der Waals surface area contributed by atoms with Crippen LogP contribution in [-0.2, 0) is 9.53 Å². The first-order chi connectivity index (χ1) is 11.8. The normalized spacial score (nSPS) is 12.9. The highest BCUT2D eigenvalue weighted by Crippen LogP contribution is 2.28. The number of rotatable bonds is 6. The second-order valence-corrected chi connectivity index (χ2v) is 6.07. The van der Waals surface area contributed by atoms with E-state index in [1.165, 1.54) is 29.9 Å². The van der Waals surface area contributed by atoms with Gasteiger partial charge in [0.25, 0.3) is 0 Å². The van der Waals surface area contributed by atoms with E-state index < -0.39 is 0 Å². The summed E-state index contributed by atoms with van der Waals surface area (Å²) in [6.45, 7) is 10.2. The molecule has 0 amide bonds. The molecule has 0 aromatic heterocycles. The second-order valence-electron chi connectivity index (χ2n) is 6.07. The van der Waals surface area contributed by atoms with E-state index in [2.05, 4.69) is 43.7 Å². The number of benzene rings is 1. The standard InChI is InChI=1S/C22H28O3/c1-15(9-8-10-16(2)13-22(23)25-7)11-12-20-17(3)14-21(24-6)19(5)18(20)4/h8-14H,1-7H3/b10-8+,12-11+,15-9+,16-13+. The van der Waals surface area contributed by atoms with Crippen LogP contribution in [-0.4, -0.2) is 20.2 Å². The van der Waals surface area contributed by atoms with Crippen LogP contribution >= 0.6 is 0 Å². The van der Waals surface area contributed by atoms with Crippen molar-refractivity contribution in [1.29, 1.82) is 0 Å². The molecule has 0 bridgehead atoms. The lowest BCUT2D eigenvalue weighted by Gasteiger charge is -2.13. The summed E-state index contributed by atoms with van der Waals surface area (Å²) in [4.78, 5) is 11.1. The Labute approximate surface area is 151 Å². The minimum Gasteiger partial charge on any atom is -0.496 e. The molecular formula is C22H28O3. The summed E-state index contributed by atoms with van der Waals surface area (Å²) in [6, 6.07) is 2.07. The van der Waals surface area contributed by atoms with E-state index in [9.17, 15) is 4.79 Å². The predicted octanol–water partition coefficient (Wildman–Crippen LogP) is 5.26. The van der Waals surface area contributed by atoms with Crippen LogP contribution in [0.5, 0.6) is 5.75 Å². The van der Waals surface area contributed by atoms with Crippen molar-refractivity contribution in [2.45, 2.75) is 34.6 Å². The average molecular weight is 340 g/mol. The van der Waals surface area contributed by atoms with Crippen molar-refractivity contribution in [3.8, 4) is 5.75 Å². The fourth-order valence-electron chi connectivity index (χ4n) is 2.45. The fraction of sp³-hybridized carbons (Fsp3) is 0.318. The third-order valence-electron chi connectivity index (χ3n) is 4.11. The van der Waals surface area contributed by atoms with Gasteiger partial charge in [0.15, 0.2) is 0 Å². The summed E-state index contributed by atoms with van der Waals surface area (Å²) in [5.41, 5.74) is 6.77. The van der Waals surface area contributed by atoms with Crippen LogP contribution in [0.4, 0.5) is 0 Å². The number of ether oxygens (including phenoxy) is 2. The molecule has 0 radical (unpaired) electrons. The van der Waals surface area contributed by atoms with Crippen LogP contribution in [0.3, 0.4) is 0 Å². The van der Waals surface area contributed by atoms with E-state index in [0.717, 1.165) is 22.5 Å². The summed E-state index contributed by atoms with van der Waals surface area (Å²) in [5.74, 6) is 0.582. The smallest absolute Gasteiger partial charge is 0.330 e. The zero-order chi connectivity index (χ0) is 19.0. The molecular weight excluding hydrogens is 312 g/mol. The molecule has 0 atom stereocenters. The maximum Gasteiger partial charge on any atom is 0.330 e. The van der Waals surface area contributed by atoms with Crippen molar-refractivity contribution in [2.24, 2.45) is 0 Å². The molecule has 0 aliphatic rings. The summed E-state index contributed by atoms with van der Waals surface area (Å²) >= 11 is 0. The van der Waals surface area contributed by atoms with Gasteiger partial charge < -0.3 is 9.47 Å². The molecule has 1 aromatic carbocycles. The molecule has 1 rings (SSSR count). The largest absolute Gasteiger partial charge is 0.496 e. The Morgan fingerprint density at radius 3 is 2.28 bits per heavy atom. The number of methoxy groups -OCH3 is 2. The van der Waals surface area contributed by atoms with Gasteiger partial charge in [0.05, 0.1) is 14.2 Å². The molecule has 25 heavy (non-hydrogen) atoms. The van der Waals surface area contributed by atoms with Gasteiger partial charge in [-0.2, -0.15) is 0 Å². The van der Waals surface area contributed by atoms with Gasteiger partial charge in [-0.3, -0.25) is 0 Å². The number of aryl methyl sites for hydroxylation is 1. The van der Waals surface area contributed by atoms with Crippen molar-refractivity contribution in [1.82, 2.24) is 0 Å². The molecule has 0 aliphatic carbocycles. The van der Waals surface area contributed by atoms with Crippen molar-refractivity contribution in [3.05, 3.63) is 69.8 Å². The molecule has 0 saturated carbocycles. The minimum atomic E-state index is -0.344. The Morgan fingerprint density at radius 2 is 1.68 bits per heavy atom. The Hall–Kier alpha value is -2.55. The van der Waals surface area contributed by atoms with E-state index in [4.69, 9.17) is 4.74 Å². The molecule has 0 aliphatic heterocycles. The van der Waals surface area contributed by atoms with Crippen LogP contribution in [0.25, 0.3) is 6.08 Å². The molecule has 0 N–H and O–H groups in total. The lowest BCUT2D eigenvalue weighted by Crippen LogP contribution is -1.95. The number of hydrogen-bond donors (Lipinski definition) is 0. The topological polar surface area (TPSA) is 35.5 Å². The van der Waals surface area contributed by atoms with E-state index in [1.54, 1.807) is 7.11 Å². The van der Waals surface area contributed by atoms with Gasteiger partial charge in [0, 0.05) is 6.08 Å². The monoisotopic (exact) mass is 340 g/mol. The van der Waals surface area contributed by atoms with Crippen molar-refractivity contribution < 1.29 is 14.3 Å². The van der Waals surface area contributed by atoms with Gasteiger partial charge in [-0.05, 0) is 68.5 Å². The summed E-state index contributed by atoms with van der Waals surface area (Å²) in [7, 11) is 3.07. The lowest BCUT2D eigenvalue weighted by atomic mass is 9.96. The molecule has 3 heteroatoms. The molecule has 0 heterocycles. The second kappa shape index (κ2) is 9.67. The number of allylic oxidation sites excluding steroid dienone is 6. The summed E-state index contributed by atoms with van der Waals surface area (Å²) < 4.78 is 10.0. The maximum absolute atomic E-state index is 11.1. The van der Waals surface area contributed by atoms with Crippen LogP contribution in [0.2, 0.25) is 0 Å². The van der Waals surface area contributed by atoms with Gasteiger partial charge in [0.1, 0.15) is 5.75 Å². The summed E-state index contributed by atoms with van der Waals surface area (Å²) in [6.07, 6.45) is 11.5. The first-order valence-electron chi connectivity index (χ1n) is 8.24. The van der Waals surface area contributed by atoms with Crippen LogP contribution < -0.4 is 4.74 Å². The van der Waals surface area contributed by atoms with Gasteiger partial charge in [-0.15, -0.1) is 0 Å². The number of carbonyl (C=O) groups is 1. The number of hydrogen-bond acceptors (Lipinski definition) is 3. The lowest BCUT2D eigenvalue weighted by molar-refractivity contribution is -0.134. The Bertz CT molecular complexity index is 747. The highest BCUT2D eigenvalue weighted by atomic mass is 16.5. The Kier molecular flexibility index (Phi) is 7.93. The molecule has 0 saturated heterocycles. The van der Waals surface area contributed by atoms with Crippen molar-refractivity contribution >= 4 is 12.0 Å². The first kappa shape index (κ1) is 20.5. The molecule has 0 unspecified atom stereocenters. The highest BCUT2D eigenvalue weighted by Gasteiger charge is 2.08. The molecule has 134 valence electrons. The van der Waals surface area contributed by atoms with Gasteiger partial charge in [0.2, 0.25) is 0 Å². The highest BCUT2D eigenvalue weighted by molar-refractivity contribution is 5.83. The maximum atomic E-state index is 11.1. The van der Waals surface area contributed by atoms with E-state index in [1.807, 2.05) is 32.1 Å². The third-order valence-corrected chi connectivity index (χ3v) is 4.11. The van der Waals surface area contributed by atoms with Crippen LogP contribution in [0, 0.1) is 20.8 Å². The average Bonchev–Trinajstić information content (AvgIpc) is 2.57. The van der Waals surface area contributed by atoms with Crippen LogP contribution in [0.15, 0.2) is 47.6 Å².